The summed E-state index contributed by atoms with van der Waals surface area (Å²) in [5.74, 6) is 2.27. The van der Waals surface area contributed by atoms with Gasteiger partial charge in [-0.05, 0) is 48.6 Å². The smallest absolute Gasteiger partial charge is 0.133 e. The lowest BCUT2D eigenvalue weighted by molar-refractivity contribution is 0.654. The summed E-state index contributed by atoms with van der Waals surface area (Å²) in [6.07, 6.45) is 2.30. The van der Waals surface area contributed by atoms with E-state index in [2.05, 4.69) is 38.3 Å². The van der Waals surface area contributed by atoms with Crippen LogP contribution in [0.4, 0.5) is 0 Å². The predicted molar refractivity (Wildman–Crippen MR) is 73.8 cm³/mol. The van der Waals surface area contributed by atoms with Crippen LogP contribution in [0.1, 0.15) is 30.5 Å². The van der Waals surface area contributed by atoms with Crippen LogP contribution in [0.2, 0.25) is 0 Å². The molecule has 0 radical (unpaired) electrons. The van der Waals surface area contributed by atoms with Crippen LogP contribution in [0, 0.1) is 22.5 Å². The fourth-order valence-electron chi connectivity index (χ4n) is 1.63. The van der Waals surface area contributed by atoms with Gasteiger partial charge in [-0.25, -0.2) is 0 Å². The van der Waals surface area contributed by atoms with E-state index >= 15 is 0 Å². The molecule has 3 heteroatoms. The van der Waals surface area contributed by atoms with Gasteiger partial charge in [0, 0.05) is 15.5 Å². The molecule has 1 aromatic heterocycles. The summed E-state index contributed by atoms with van der Waals surface area (Å²) in [5, 5.41) is 10.6. The number of hydrogen-bond donors (Lipinski definition) is 0. The van der Waals surface area contributed by atoms with E-state index in [-0.39, 0.29) is 0 Å². The molecule has 0 fully saturated rings. The lowest BCUT2D eigenvalue weighted by Crippen LogP contribution is -2.00. The van der Waals surface area contributed by atoms with Crippen molar-refractivity contribution in [2.75, 3.05) is 5.75 Å². The molecule has 1 rings (SSSR count). The van der Waals surface area contributed by atoms with Gasteiger partial charge in [-0.3, -0.25) is 0 Å². The third-order valence-electron chi connectivity index (χ3n) is 2.31. The number of thiocyanates is 1. The van der Waals surface area contributed by atoms with E-state index in [0.29, 0.717) is 5.92 Å². The van der Waals surface area contributed by atoms with Crippen LogP contribution in [-0.4, -0.2) is 5.75 Å². The zero-order chi connectivity index (χ0) is 12.0. The minimum Gasteiger partial charge on any atom is -0.185 e. The predicted octanol–water partition coefficient (Wildman–Crippen LogP) is 4.34. The molecule has 0 bridgehead atoms. The molecule has 16 heavy (non-hydrogen) atoms. The summed E-state index contributed by atoms with van der Waals surface area (Å²) >= 11 is 3.29. The molecular formula is C13H19NS2. The van der Waals surface area contributed by atoms with Gasteiger partial charge < -0.3 is 0 Å². The monoisotopic (exact) mass is 253 g/mol. The molecule has 0 saturated carbocycles. The van der Waals surface area contributed by atoms with E-state index < -0.39 is 0 Å². The Balaban J connectivity index is 2.42. The average Bonchev–Trinajstić information content (AvgIpc) is 2.61. The summed E-state index contributed by atoms with van der Waals surface area (Å²) in [5.41, 5.74) is 0. The lowest BCUT2D eigenvalue weighted by Gasteiger charge is -2.06. The van der Waals surface area contributed by atoms with E-state index in [4.69, 9.17) is 5.26 Å². The number of thioether (sulfide) groups is 1. The molecule has 1 heterocycles. The van der Waals surface area contributed by atoms with Crippen LogP contribution >= 0.6 is 23.1 Å². The summed E-state index contributed by atoms with van der Waals surface area (Å²) in [4.78, 5) is 2.95. The van der Waals surface area contributed by atoms with E-state index in [1.54, 1.807) is 0 Å². The molecule has 0 aliphatic carbocycles. The van der Waals surface area contributed by atoms with Crippen LogP contribution in [0.3, 0.4) is 0 Å². The van der Waals surface area contributed by atoms with Crippen LogP contribution < -0.4 is 0 Å². The average molecular weight is 253 g/mol. The third-order valence-corrected chi connectivity index (χ3v) is 4.30. The number of nitriles is 1. The quantitative estimate of drug-likeness (QED) is 0.704. The molecule has 0 saturated heterocycles. The zero-order valence-electron chi connectivity index (χ0n) is 10.2. The Bertz CT molecular complexity index is 349. The fourth-order valence-corrected chi connectivity index (χ4v) is 3.50. The van der Waals surface area contributed by atoms with Gasteiger partial charge in [0.25, 0.3) is 0 Å². The minimum atomic E-state index is 0.593. The van der Waals surface area contributed by atoms with Gasteiger partial charge >= 0.3 is 0 Å². The van der Waals surface area contributed by atoms with Crippen molar-refractivity contribution in [3.8, 4) is 5.40 Å². The molecule has 0 aliphatic rings. The Morgan fingerprint density at radius 3 is 2.44 bits per heavy atom. The van der Waals surface area contributed by atoms with Crippen LogP contribution in [-0.2, 0) is 12.8 Å². The third kappa shape index (κ3) is 5.05. The van der Waals surface area contributed by atoms with Crippen molar-refractivity contribution < 1.29 is 0 Å². The molecular weight excluding hydrogens is 234 g/mol. The molecule has 1 aromatic rings. The van der Waals surface area contributed by atoms with Crippen LogP contribution in [0.5, 0.6) is 0 Å². The Morgan fingerprint density at radius 2 is 1.88 bits per heavy atom. The van der Waals surface area contributed by atoms with E-state index in [1.165, 1.54) is 27.9 Å². The number of hydrogen-bond acceptors (Lipinski definition) is 3. The second kappa shape index (κ2) is 6.98. The fraction of sp³-hybridized carbons (Fsp3) is 0.615. The van der Waals surface area contributed by atoms with Crippen LogP contribution in [0.15, 0.2) is 12.1 Å². The topological polar surface area (TPSA) is 23.8 Å². The van der Waals surface area contributed by atoms with E-state index in [1.807, 2.05) is 11.3 Å². The highest BCUT2D eigenvalue weighted by Gasteiger charge is 2.07. The van der Waals surface area contributed by atoms with Crippen LogP contribution in [0.25, 0.3) is 0 Å². The summed E-state index contributed by atoms with van der Waals surface area (Å²) in [6, 6.07) is 4.50. The first-order valence-electron chi connectivity index (χ1n) is 5.70. The molecule has 88 valence electrons. The SMILES string of the molecule is CC(C)Cc1ccc(CC(C)CSC#N)s1. The molecule has 1 atom stereocenters. The molecule has 1 unspecified atom stereocenters. The first-order chi connectivity index (χ1) is 7.61. The van der Waals surface area contributed by atoms with Crippen molar-refractivity contribution in [3.63, 3.8) is 0 Å². The van der Waals surface area contributed by atoms with Gasteiger partial charge in [-0.15, -0.1) is 11.3 Å². The first kappa shape index (κ1) is 13.6. The summed E-state index contributed by atoms with van der Waals surface area (Å²) < 4.78 is 0. The van der Waals surface area contributed by atoms with Gasteiger partial charge in [-0.1, -0.05) is 20.8 Å². The van der Waals surface area contributed by atoms with Gasteiger partial charge in [0.2, 0.25) is 0 Å². The van der Waals surface area contributed by atoms with Gasteiger partial charge in [-0.2, -0.15) is 5.26 Å². The molecule has 0 N–H and O–H groups in total. The standard InChI is InChI=1S/C13H19NS2/c1-10(2)6-12-4-5-13(16-12)7-11(3)8-15-9-14/h4-5,10-11H,6-8H2,1-3H3. The highest BCUT2D eigenvalue weighted by atomic mass is 32.2. The second-order valence-corrected chi connectivity index (χ2v) is 6.74. The maximum absolute atomic E-state index is 8.50. The second-order valence-electron chi connectivity index (χ2n) is 4.68. The molecule has 1 nitrogen and oxygen atoms in total. The Morgan fingerprint density at radius 1 is 1.25 bits per heavy atom. The number of nitrogens with zero attached hydrogens (tertiary/aromatic N) is 1. The highest BCUT2D eigenvalue weighted by Crippen LogP contribution is 2.23. The van der Waals surface area contributed by atoms with Crippen molar-refractivity contribution in [1.29, 1.82) is 5.26 Å². The molecule has 0 amide bonds. The Labute approximate surface area is 107 Å². The van der Waals surface area contributed by atoms with Gasteiger partial charge in [0.15, 0.2) is 0 Å². The molecule has 0 aliphatic heterocycles. The number of thiophene rings is 1. The van der Waals surface area contributed by atoms with E-state index in [9.17, 15) is 0 Å². The van der Waals surface area contributed by atoms with E-state index in [0.717, 1.165) is 18.1 Å². The van der Waals surface area contributed by atoms with Crippen molar-refractivity contribution in [2.24, 2.45) is 11.8 Å². The summed E-state index contributed by atoms with van der Waals surface area (Å²) in [6.45, 7) is 6.73. The maximum atomic E-state index is 8.50. The highest BCUT2D eigenvalue weighted by molar-refractivity contribution is 8.03. The normalized spacial score (nSPS) is 12.7. The van der Waals surface area contributed by atoms with Gasteiger partial charge in [0.1, 0.15) is 5.40 Å². The largest absolute Gasteiger partial charge is 0.185 e. The van der Waals surface area contributed by atoms with Crippen molar-refractivity contribution in [1.82, 2.24) is 0 Å². The lowest BCUT2D eigenvalue weighted by atomic mass is 10.1. The van der Waals surface area contributed by atoms with Crippen molar-refractivity contribution >= 4 is 23.1 Å². The van der Waals surface area contributed by atoms with Gasteiger partial charge in [0.05, 0.1) is 0 Å². The Kier molecular flexibility index (Phi) is 5.94. The molecule has 0 spiro atoms. The summed E-state index contributed by atoms with van der Waals surface area (Å²) in [7, 11) is 0. The van der Waals surface area contributed by atoms with Crippen molar-refractivity contribution in [3.05, 3.63) is 21.9 Å². The zero-order valence-corrected chi connectivity index (χ0v) is 11.8. The minimum absolute atomic E-state index is 0.593. The van der Waals surface area contributed by atoms with Crippen molar-refractivity contribution in [2.45, 2.75) is 33.6 Å². The number of rotatable bonds is 6. The molecule has 0 aromatic carbocycles. The first-order valence-corrected chi connectivity index (χ1v) is 7.50. The Hall–Kier alpha value is -0.460. The maximum Gasteiger partial charge on any atom is 0.133 e.